The molecule has 0 saturated heterocycles. The van der Waals surface area contributed by atoms with Crippen LogP contribution in [0, 0.1) is 0 Å². The molecule has 1 aromatic carbocycles. The van der Waals surface area contributed by atoms with Crippen LogP contribution < -0.4 is 5.32 Å². The fourth-order valence-corrected chi connectivity index (χ4v) is 1.04. The number of amides is 1. The molecule has 0 atom stereocenters. The summed E-state index contributed by atoms with van der Waals surface area (Å²) in [7, 11) is 0. The van der Waals surface area contributed by atoms with Crippen molar-refractivity contribution in [3.05, 3.63) is 48.2 Å². The molecule has 0 unspecified atom stereocenters. The normalized spacial score (nSPS) is 9.14. The topological polar surface area (TPSA) is 66.4 Å². The molecule has 72 valence electrons. The lowest BCUT2D eigenvalue weighted by Gasteiger charge is -2.03. The number of benzene rings is 1. The third-order valence-electron chi connectivity index (χ3n) is 1.64. The number of carboxylic acid groups (broad SMARTS) is 1. The molecule has 1 aromatic rings. The maximum atomic E-state index is 11.3. The van der Waals surface area contributed by atoms with Gasteiger partial charge in [-0.15, -0.1) is 0 Å². The second kappa shape index (κ2) is 4.23. The highest BCUT2D eigenvalue weighted by molar-refractivity contribution is 6.05. The minimum absolute atomic E-state index is 0.0214. The minimum atomic E-state index is -1.13. The molecular formula is C10H9NO3. The molecule has 0 heterocycles. The number of hydrogen-bond donors (Lipinski definition) is 2. The van der Waals surface area contributed by atoms with Gasteiger partial charge in [-0.3, -0.25) is 4.79 Å². The summed E-state index contributed by atoms with van der Waals surface area (Å²) in [4.78, 5) is 22.0. The van der Waals surface area contributed by atoms with Crippen LogP contribution in [0.25, 0.3) is 0 Å². The average molecular weight is 191 g/mol. The molecular weight excluding hydrogens is 182 g/mol. The van der Waals surface area contributed by atoms with Gasteiger partial charge in [-0.1, -0.05) is 18.7 Å². The van der Waals surface area contributed by atoms with Crippen LogP contribution in [0.5, 0.6) is 0 Å². The molecule has 0 fully saturated rings. The predicted octanol–water partition coefficient (Wildman–Crippen LogP) is 1.26. The quantitative estimate of drug-likeness (QED) is 0.755. The SMILES string of the molecule is C=CNC(=O)c1ccccc1C(=O)O. The van der Waals surface area contributed by atoms with Crippen molar-refractivity contribution in [2.75, 3.05) is 0 Å². The van der Waals surface area contributed by atoms with Crippen LogP contribution >= 0.6 is 0 Å². The smallest absolute Gasteiger partial charge is 0.336 e. The summed E-state index contributed by atoms with van der Waals surface area (Å²) in [6.07, 6.45) is 1.21. The van der Waals surface area contributed by atoms with Crippen molar-refractivity contribution in [2.24, 2.45) is 0 Å². The van der Waals surface area contributed by atoms with E-state index in [0.29, 0.717) is 0 Å². The molecule has 0 aliphatic heterocycles. The van der Waals surface area contributed by atoms with E-state index in [4.69, 9.17) is 5.11 Å². The van der Waals surface area contributed by atoms with Crippen molar-refractivity contribution in [1.29, 1.82) is 0 Å². The second-order valence-corrected chi connectivity index (χ2v) is 2.53. The van der Waals surface area contributed by atoms with Crippen LogP contribution in [0.1, 0.15) is 20.7 Å². The zero-order chi connectivity index (χ0) is 10.6. The summed E-state index contributed by atoms with van der Waals surface area (Å²) in [6.45, 7) is 3.32. The molecule has 0 aromatic heterocycles. The van der Waals surface area contributed by atoms with Gasteiger partial charge in [-0.25, -0.2) is 4.79 Å². The molecule has 1 rings (SSSR count). The van der Waals surface area contributed by atoms with E-state index in [2.05, 4.69) is 11.9 Å². The van der Waals surface area contributed by atoms with Gasteiger partial charge >= 0.3 is 5.97 Å². The molecule has 0 spiro atoms. The van der Waals surface area contributed by atoms with E-state index in [9.17, 15) is 9.59 Å². The van der Waals surface area contributed by atoms with Gasteiger partial charge in [0.25, 0.3) is 5.91 Å². The maximum absolute atomic E-state index is 11.3. The Morgan fingerprint density at radius 1 is 1.29 bits per heavy atom. The van der Waals surface area contributed by atoms with Gasteiger partial charge in [0.05, 0.1) is 11.1 Å². The van der Waals surface area contributed by atoms with Gasteiger partial charge in [-0.05, 0) is 18.3 Å². The number of hydrogen-bond acceptors (Lipinski definition) is 2. The zero-order valence-electron chi connectivity index (χ0n) is 7.36. The lowest BCUT2D eigenvalue weighted by atomic mass is 10.1. The van der Waals surface area contributed by atoms with E-state index >= 15 is 0 Å². The molecule has 2 N–H and O–H groups in total. The Balaban J connectivity index is 3.12. The molecule has 4 heteroatoms. The lowest BCUT2D eigenvalue weighted by molar-refractivity contribution is 0.0691. The summed E-state index contributed by atoms with van der Waals surface area (Å²) < 4.78 is 0. The average Bonchev–Trinajstić information content (AvgIpc) is 2.18. The highest BCUT2D eigenvalue weighted by Crippen LogP contribution is 2.08. The van der Waals surface area contributed by atoms with E-state index in [1.165, 1.54) is 18.3 Å². The van der Waals surface area contributed by atoms with E-state index in [1.807, 2.05) is 0 Å². The van der Waals surface area contributed by atoms with Crippen molar-refractivity contribution < 1.29 is 14.7 Å². The summed E-state index contributed by atoms with van der Waals surface area (Å²) in [5.41, 5.74) is 0.103. The molecule has 1 amide bonds. The Kier molecular flexibility index (Phi) is 3.01. The highest BCUT2D eigenvalue weighted by Gasteiger charge is 2.13. The minimum Gasteiger partial charge on any atom is -0.478 e. The Morgan fingerprint density at radius 3 is 2.36 bits per heavy atom. The summed E-state index contributed by atoms with van der Waals surface area (Å²) >= 11 is 0. The number of carbonyl (C=O) groups is 2. The van der Waals surface area contributed by atoms with Gasteiger partial charge in [0.1, 0.15) is 0 Å². The van der Waals surface area contributed by atoms with E-state index in [0.717, 1.165) is 0 Å². The number of rotatable bonds is 3. The van der Waals surface area contributed by atoms with Gasteiger partial charge in [0, 0.05) is 0 Å². The molecule has 14 heavy (non-hydrogen) atoms. The van der Waals surface area contributed by atoms with Crippen LogP contribution in [0.15, 0.2) is 37.0 Å². The van der Waals surface area contributed by atoms with Crippen molar-refractivity contribution in [3.8, 4) is 0 Å². The maximum Gasteiger partial charge on any atom is 0.336 e. The van der Waals surface area contributed by atoms with Gasteiger partial charge in [0.15, 0.2) is 0 Å². The third-order valence-corrected chi connectivity index (χ3v) is 1.64. The molecule has 4 nitrogen and oxygen atoms in total. The first kappa shape index (κ1) is 9.98. The summed E-state index contributed by atoms with van der Waals surface area (Å²) in [6, 6.07) is 5.99. The summed E-state index contributed by atoms with van der Waals surface area (Å²) in [5, 5.41) is 11.1. The van der Waals surface area contributed by atoms with Crippen molar-refractivity contribution >= 4 is 11.9 Å². The Morgan fingerprint density at radius 2 is 1.86 bits per heavy atom. The second-order valence-electron chi connectivity index (χ2n) is 2.53. The molecule has 0 saturated carbocycles. The number of carboxylic acids is 1. The van der Waals surface area contributed by atoms with Crippen LogP contribution in [0.3, 0.4) is 0 Å². The number of nitrogens with one attached hydrogen (secondary N) is 1. The molecule has 0 aliphatic rings. The van der Waals surface area contributed by atoms with Crippen LogP contribution in [0.4, 0.5) is 0 Å². The van der Waals surface area contributed by atoms with Crippen LogP contribution in [0.2, 0.25) is 0 Å². The van der Waals surface area contributed by atoms with Crippen molar-refractivity contribution in [1.82, 2.24) is 5.32 Å². The van der Waals surface area contributed by atoms with E-state index in [-0.39, 0.29) is 11.1 Å². The van der Waals surface area contributed by atoms with E-state index in [1.54, 1.807) is 12.1 Å². The molecule has 0 aliphatic carbocycles. The summed E-state index contributed by atoms with van der Waals surface area (Å²) in [5.74, 6) is -1.60. The fourth-order valence-electron chi connectivity index (χ4n) is 1.04. The van der Waals surface area contributed by atoms with Gasteiger partial charge < -0.3 is 10.4 Å². The Bertz CT molecular complexity index is 385. The lowest BCUT2D eigenvalue weighted by Crippen LogP contribution is -2.19. The third kappa shape index (κ3) is 1.98. The highest BCUT2D eigenvalue weighted by atomic mass is 16.4. The first-order valence-electron chi connectivity index (χ1n) is 3.91. The molecule has 0 radical (unpaired) electrons. The monoisotopic (exact) mass is 191 g/mol. The van der Waals surface area contributed by atoms with Crippen LogP contribution in [-0.2, 0) is 0 Å². The van der Waals surface area contributed by atoms with Gasteiger partial charge in [0.2, 0.25) is 0 Å². The van der Waals surface area contributed by atoms with Crippen molar-refractivity contribution in [2.45, 2.75) is 0 Å². The standard InChI is InChI=1S/C10H9NO3/c1-2-11-9(12)7-5-3-4-6-8(7)10(13)14/h2-6H,1H2,(H,11,12)(H,13,14). The first-order valence-corrected chi connectivity index (χ1v) is 3.91. The largest absolute Gasteiger partial charge is 0.478 e. The Labute approximate surface area is 80.9 Å². The predicted molar refractivity (Wildman–Crippen MR) is 51.1 cm³/mol. The van der Waals surface area contributed by atoms with Crippen molar-refractivity contribution in [3.63, 3.8) is 0 Å². The first-order chi connectivity index (χ1) is 6.66. The zero-order valence-corrected chi connectivity index (χ0v) is 7.36. The number of aromatic carboxylic acids is 1. The van der Waals surface area contributed by atoms with E-state index < -0.39 is 11.9 Å². The fraction of sp³-hybridized carbons (Fsp3) is 0. The Hall–Kier alpha value is -2.10. The van der Waals surface area contributed by atoms with Crippen LogP contribution in [-0.4, -0.2) is 17.0 Å². The van der Waals surface area contributed by atoms with Gasteiger partial charge in [-0.2, -0.15) is 0 Å². The number of carbonyl (C=O) groups excluding carboxylic acids is 1. The molecule has 0 bridgehead atoms.